The van der Waals surface area contributed by atoms with Crippen molar-refractivity contribution in [3.05, 3.63) is 66.2 Å². The minimum Gasteiger partial charge on any atom is -0.491 e. The number of para-hydroxylation sites is 1. The van der Waals surface area contributed by atoms with Gasteiger partial charge in [-0.15, -0.1) is 6.58 Å². The standard InChI is InChI=1S/C24H29NO4/c1-2-6-18-7-3-4-9-22(18)29-17-20(26)16-25-12-5-8-21(25)19-10-11-23-24(15-19)28-14-13-27-23/h2-4,7,9-11,15,20-21,26H,1,5-6,8,12-14,16-17H2/t20-,21+/m0/s1. The number of allylic oxidation sites excluding steroid dienone is 1. The molecule has 0 amide bonds. The first kappa shape index (κ1) is 19.8. The molecule has 2 aliphatic heterocycles. The normalized spacial score (nSPS) is 19.7. The summed E-state index contributed by atoms with van der Waals surface area (Å²) in [5.74, 6) is 2.45. The van der Waals surface area contributed by atoms with Crippen LogP contribution in [0.15, 0.2) is 55.1 Å². The summed E-state index contributed by atoms with van der Waals surface area (Å²) in [6.07, 6.45) is 4.26. The van der Waals surface area contributed by atoms with E-state index < -0.39 is 6.10 Å². The molecule has 2 aromatic carbocycles. The zero-order valence-corrected chi connectivity index (χ0v) is 16.8. The van der Waals surface area contributed by atoms with Crippen LogP contribution >= 0.6 is 0 Å². The van der Waals surface area contributed by atoms with Gasteiger partial charge < -0.3 is 19.3 Å². The first-order valence-electron chi connectivity index (χ1n) is 10.4. The second-order valence-corrected chi connectivity index (χ2v) is 7.62. The first-order chi connectivity index (χ1) is 14.2. The van der Waals surface area contributed by atoms with Gasteiger partial charge >= 0.3 is 0 Å². The van der Waals surface area contributed by atoms with Crippen LogP contribution in [-0.2, 0) is 6.42 Å². The van der Waals surface area contributed by atoms with Gasteiger partial charge in [-0.3, -0.25) is 4.90 Å². The summed E-state index contributed by atoms with van der Waals surface area (Å²) >= 11 is 0. The van der Waals surface area contributed by atoms with E-state index in [4.69, 9.17) is 14.2 Å². The molecule has 2 aromatic rings. The second-order valence-electron chi connectivity index (χ2n) is 7.62. The maximum atomic E-state index is 10.6. The molecule has 154 valence electrons. The lowest BCUT2D eigenvalue weighted by molar-refractivity contribution is 0.0635. The Hall–Kier alpha value is -2.50. The number of rotatable bonds is 8. The Morgan fingerprint density at radius 1 is 1.17 bits per heavy atom. The molecule has 2 atom stereocenters. The molecule has 0 radical (unpaired) electrons. The molecule has 5 heteroatoms. The van der Waals surface area contributed by atoms with E-state index in [1.807, 2.05) is 36.4 Å². The largest absolute Gasteiger partial charge is 0.491 e. The fourth-order valence-electron chi connectivity index (χ4n) is 4.17. The minimum atomic E-state index is -0.551. The molecule has 0 spiro atoms. The average molecular weight is 395 g/mol. The van der Waals surface area contributed by atoms with Crippen molar-refractivity contribution in [3.8, 4) is 17.2 Å². The molecule has 0 aromatic heterocycles. The molecule has 0 saturated carbocycles. The van der Waals surface area contributed by atoms with Crippen molar-refractivity contribution in [2.24, 2.45) is 0 Å². The Morgan fingerprint density at radius 2 is 2.00 bits per heavy atom. The highest BCUT2D eigenvalue weighted by atomic mass is 16.6. The summed E-state index contributed by atoms with van der Waals surface area (Å²) in [6, 6.07) is 14.4. The topological polar surface area (TPSA) is 51.2 Å². The Bertz CT molecular complexity index is 837. The smallest absolute Gasteiger partial charge is 0.161 e. The number of fused-ring (bicyclic) bond motifs is 1. The Morgan fingerprint density at radius 3 is 2.86 bits per heavy atom. The van der Waals surface area contributed by atoms with Gasteiger partial charge in [0.25, 0.3) is 0 Å². The molecular weight excluding hydrogens is 366 g/mol. The highest BCUT2D eigenvalue weighted by Gasteiger charge is 2.29. The van der Waals surface area contributed by atoms with Crippen LogP contribution in [0, 0.1) is 0 Å². The Balaban J connectivity index is 1.36. The van der Waals surface area contributed by atoms with Crippen LogP contribution in [0.5, 0.6) is 17.2 Å². The predicted octanol–water partition coefficient (Wildman–Crippen LogP) is 3.76. The van der Waals surface area contributed by atoms with Crippen molar-refractivity contribution >= 4 is 0 Å². The van der Waals surface area contributed by atoms with Crippen LogP contribution in [0.4, 0.5) is 0 Å². The lowest BCUT2D eigenvalue weighted by Crippen LogP contribution is -2.35. The van der Waals surface area contributed by atoms with Gasteiger partial charge in [-0.25, -0.2) is 0 Å². The molecular formula is C24H29NO4. The summed E-state index contributed by atoms with van der Waals surface area (Å²) < 4.78 is 17.3. The monoisotopic (exact) mass is 395 g/mol. The van der Waals surface area contributed by atoms with Crippen LogP contribution in [0.3, 0.4) is 0 Å². The highest BCUT2D eigenvalue weighted by Crippen LogP contribution is 2.38. The third kappa shape index (κ3) is 4.74. The van der Waals surface area contributed by atoms with E-state index in [9.17, 15) is 5.11 Å². The number of hydrogen-bond acceptors (Lipinski definition) is 5. The van der Waals surface area contributed by atoms with Crippen molar-refractivity contribution in [3.63, 3.8) is 0 Å². The number of ether oxygens (including phenoxy) is 3. The van der Waals surface area contributed by atoms with Gasteiger partial charge in [-0.1, -0.05) is 30.3 Å². The SMILES string of the molecule is C=CCc1ccccc1OC[C@@H](O)CN1CCC[C@@H]1c1ccc2c(c1)OCCO2. The second kappa shape index (κ2) is 9.33. The number of nitrogens with zero attached hydrogens (tertiary/aromatic N) is 1. The number of β-amino-alcohol motifs (C(OH)–C–C–N with tert-alkyl or cyclic N) is 1. The molecule has 5 nitrogen and oxygen atoms in total. The fourth-order valence-corrected chi connectivity index (χ4v) is 4.17. The van der Waals surface area contributed by atoms with Gasteiger partial charge in [-0.2, -0.15) is 0 Å². The van der Waals surface area contributed by atoms with Crippen molar-refractivity contribution in [2.45, 2.75) is 31.4 Å². The van der Waals surface area contributed by atoms with E-state index in [0.29, 0.717) is 19.8 Å². The Labute approximate surface area is 172 Å². The van der Waals surface area contributed by atoms with Crippen LogP contribution in [0.1, 0.15) is 30.0 Å². The number of aliphatic hydroxyl groups is 1. The molecule has 1 saturated heterocycles. The van der Waals surface area contributed by atoms with E-state index in [2.05, 4.69) is 23.6 Å². The molecule has 2 aliphatic rings. The van der Waals surface area contributed by atoms with Crippen molar-refractivity contribution in [2.75, 3.05) is 32.9 Å². The van der Waals surface area contributed by atoms with Gasteiger partial charge in [0, 0.05) is 12.6 Å². The van der Waals surface area contributed by atoms with E-state index in [1.165, 1.54) is 5.56 Å². The summed E-state index contributed by atoms with van der Waals surface area (Å²) in [7, 11) is 0. The molecule has 0 aliphatic carbocycles. The van der Waals surface area contributed by atoms with Crippen LogP contribution in [0.25, 0.3) is 0 Å². The lowest BCUT2D eigenvalue weighted by Gasteiger charge is -2.28. The first-order valence-corrected chi connectivity index (χ1v) is 10.4. The third-order valence-corrected chi connectivity index (χ3v) is 5.53. The summed E-state index contributed by atoms with van der Waals surface area (Å²) in [6.45, 7) is 6.83. The lowest BCUT2D eigenvalue weighted by atomic mass is 10.0. The fraction of sp³-hybridized carbons (Fsp3) is 0.417. The molecule has 2 heterocycles. The van der Waals surface area contributed by atoms with Crippen molar-refractivity contribution < 1.29 is 19.3 Å². The Kier molecular flexibility index (Phi) is 6.37. The average Bonchev–Trinajstić information content (AvgIpc) is 3.21. The maximum Gasteiger partial charge on any atom is 0.161 e. The van der Waals surface area contributed by atoms with Crippen molar-refractivity contribution in [1.29, 1.82) is 0 Å². The summed E-state index contributed by atoms with van der Waals surface area (Å²) in [5, 5.41) is 10.6. The van der Waals surface area contributed by atoms with Gasteiger partial charge in [0.15, 0.2) is 11.5 Å². The molecule has 4 rings (SSSR count). The van der Waals surface area contributed by atoms with Crippen LogP contribution < -0.4 is 14.2 Å². The van der Waals surface area contributed by atoms with E-state index in [-0.39, 0.29) is 12.6 Å². The molecule has 29 heavy (non-hydrogen) atoms. The zero-order valence-electron chi connectivity index (χ0n) is 16.8. The molecule has 0 unspecified atom stereocenters. The van der Waals surface area contributed by atoms with Crippen LogP contribution in [-0.4, -0.2) is 49.0 Å². The molecule has 1 fully saturated rings. The molecule has 0 bridgehead atoms. The van der Waals surface area contributed by atoms with E-state index >= 15 is 0 Å². The number of hydrogen-bond donors (Lipinski definition) is 1. The zero-order chi connectivity index (χ0) is 20.1. The van der Waals surface area contributed by atoms with E-state index in [0.717, 1.165) is 48.6 Å². The summed E-state index contributed by atoms with van der Waals surface area (Å²) in [4.78, 5) is 2.34. The van der Waals surface area contributed by atoms with Gasteiger partial charge in [0.1, 0.15) is 31.7 Å². The third-order valence-electron chi connectivity index (χ3n) is 5.53. The predicted molar refractivity (Wildman–Crippen MR) is 113 cm³/mol. The van der Waals surface area contributed by atoms with E-state index in [1.54, 1.807) is 0 Å². The van der Waals surface area contributed by atoms with Gasteiger partial charge in [0.05, 0.1) is 0 Å². The van der Waals surface area contributed by atoms with Crippen LogP contribution in [0.2, 0.25) is 0 Å². The van der Waals surface area contributed by atoms with Gasteiger partial charge in [0.2, 0.25) is 0 Å². The summed E-state index contributed by atoms with van der Waals surface area (Å²) in [5.41, 5.74) is 2.31. The van der Waals surface area contributed by atoms with Crippen molar-refractivity contribution in [1.82, 2.24) is 4.90 Å². The quantitative estimate of drug-likeness (QED) is 0.690. The highest BCUT2D eigenvalue weighted by molar-refractivity contribution is 5.44. The van der Waals surface area contributed by atoms with Gasteiger partial charge in [-0.05, 0) is 55.1 Å². The number of benzene rings is 2. The minimum absolute atomic E-state index is 0.276. The molecule has 1 N–H and O–H groups in total. The number of aliphatic hydroxyl groups excluding tert-OH is 1. The maximum absolute atomic E-state index is 10.6. The number of likely N-dealkylation sites (tertiary alicyclic amines) is 1.